The minimum Gasteiger partial charge on any atom is -0.489 e. The molecule has 0 amide bonds. The third-order valence-electron chi connectivity index (χ3n) is 4.64. The summed E-state index contributed by atoms with van der Waals surface area (Å²) in [5, 5.41) is 6.30. The number of ether oxygens (including phenoxy) is 1. The highest BCUT2D eigenvalue weighted by Gasteiger charge is 2.18. The number of hydrogen-bond donors (Lipinski definition) is 1. The zero-order chi connectivity index (χ0) is 19.1. The maximum absolute atomic E-state index is 11.4. The SMILES string of the molecule is C=CCOc1ccc(CN2CCN(c3cn[nH]c(=O)c3)CC2)cc1CC=C. The monoisotopic (exact) mass is 366 g/mol. The molecule has 1 fully saturated rings. The number of aromatic amines is 1. The first-order valence-electron chi connectivity index (χ1n) is 9.18. The fraction of sp³-hybridized carbons (Fsp3) is 0.333. The van der Waals surface area contributed by atoms with Gasteiger partial charge in [-0.25, -0.2) is 5.10 Å². The lowest BCUT2D eigenvalue weighted by atomic mass is 10.1. The number of benzene rings is 1. The highest BCUT2D eigenvalue weighted by Crippen LogP contribution is 2.23. The molecule has 0 unspecified atom stereocenters. The van der Waals surface area contributed by atoms with Crippen molar-refractivity contribution < 1.29 is 4.74 Å². The molecule has 0 bridgehead atoms. The maximum atomic E-state index is 11.4. The Hall–Kier alpha value is -2.86. The van der Waals surface area contributed by atoms with Crippen molar-refractivity contribution in [3.05, 3.63) is 77.3 Å². The van der Waals surface area contributed by atoms with Gasteiger partial charge in [0.15, 0.2) is 0 Å². The van der Waals surface area contributed by atoms with Gasteiger partial charge in [-0.05, 0) is 23.6 Å². The van der Waals surface area contributed by atoms with Crippen LogP contribution in [-0.2, 0) is 13.0 Å². The molecule has 1 aliphatic heterocycles. The number of nitrogens with one attached hydrogen (secondary N) is 1. The van der Waals surface area contributed by atoms with Gasteiger partial charge in [-0.1, -0.05) is 30.9 Å². The van der Waals surface area contributed by atoms with Crippen molar-refractivity contribution >= 4 is 5.69 Å². The lowest BCUT2D eigenvalue weighted by Crippen LogP contribution is -2.46. The number of hydrogen-bond acceptors (Lipinski definition) is 5. The van der Waals surface area contributed by atoms with E-state index >= 15 is 0 Å². The van der Waals surface area contributed by atoms with E-state index in [1.165, 1.54) is 5.56 Å². The van der Waals surface area contributed by atoms with Gasteiger partial charge in [0.2, 0.25) is 0 Å². The van der Waals surface area contributed by atoms with E-state index in [1.807, 2.05) is 12.1 Å². The molecule has 0 saturated carbocycles. The normalized spacial score (nSPS) is 14.7. The molecule has 1 saturated heterocycles. The van der Waals surface area contributed by atoms with Crippen LogP contribution < -0.4 is 15.2 Å². The van der Waals surface area contributed by atoms with Gasteiger partial charge in [0, 0.05) is 38.8 Å². The van der Waals surface area contributed by atoms with Crippen LogP contribution in [0.15, 0.2) is 60.6 Å². The molecule has 1 aliphatic rings. The van der Waals surface area contributed by atoms with Gasteiger partial charge in [0.1, 0.15) is 12.4 Å². The van der Waals surface area contributed by atoms with Crippen LogP contribution in [0.1, 0.15) is 11.1 Å². The summed E-state index contributed by atoms with van der Waals surface area (Å²) in [4.78, 5) is 16.1. The maximum Gasteiger partial charge on any atom is 0.266 e. The topological polar surface area (TPSA) is 61.5 Å². The van der Waals surface area contributed by atoms with Crippen molar-refractivity contribution in [2.75, 3.05) is 37.7 Å². The quantitative estimate of drug-likeness (QED) is 0.727. The van der Waals surface area contributed by atoms with Gasteiger partial charge < -0.3 is 9.64 Å². The Kier molecular flexibility index (Phi) is 6.44. The van der Waals surface area contributed by atoms with Crippen LogP contribution in [0, 0.1) is 0 Å². The zero-order valence-corrected chi connectivity index (χ0v) is 15.6. The molecular weight excluding hydrogens is 340 g/mol. The molecule has 1 aromatic heterocycles. The summed E-state index contributed by atoms with van der Waals surface area (Å²) >= 11 is 0. The number of rotatable bonds is 8. The highest BCUT2D eigenvalue weighted by molar-refractivity contribution is 5.43. The molecule has 0 atom stereocenters. The second kappa shape index (κ2) is 9.19. The molecule has 27 heavy (non-hydrogen) atoms. The number of allylic oxidation sites excluding steroid dienone is 1. The smallest absolute Gasteiger partial charge is 0.266 e. The third kappa shape index (κ3) is 5.08. The van der Waals surface area contributed by atoms with Gasteiger partial charge in [0.25, 0.3) is 5.56 Å². The van der Waals surface area contributed by atoms with Crippen molar-refractivity contribution in [1.82, 2.24) is 15.1 Å². The van der Waals surface area contributed by atoms with Crippen molar-refractivity contribution in [2.45, 2.75) is 13.0 Å². The minimum absolute atomic E-state index is 0.163. The molecule has 6 nitrogen and oxygen atoms in total. The van der Waals surface area contributed by atoms with Gasteiger partial charge >= 0.3 is 0 Å². The van der Waals surface area contributed by atoms with E-state index in [0.717, 1.165) is 56.1 Å². The molecule has 0 radical (unpaired) electrons. The molecule has 142 valence electrons. The summed E-state index contributed by atoms with van der Waals surface area (Å²) in [5.41, 5.74) is 3.14. The Balaban J connectivity index is 1.61. The van der Waals surface area contributed by atoms with Crippen molar-refractivity contribution in [3.63, 3.8) is 0 Å². The lowest BCUT2D eigenvalue weighted by Gasteiger charge is -2.35. The second-order valence-electron chi connectivity index (χ2n) is 6.60. The Bertz CT molecular complexity index is 838. The Labute approximate surface area is 159 Å². The van der Waals surface area contributed by atoms with E-state index in [0.29, 0.717) is 6.61 Å². The number of anilines is 1. The molecule has 3 rings (SSSR count). The molecular formula is C21H26N4O2. The van der Waals surface area contributed by atoms with Gasteiger partial charge in [-0.2, -0.15) is 5.10 Å². The predicted octanol–water partition coefficient (Wildman–Crippen LogP) is 2.39. The number of H-pyrrole nitrogens is 1. The first kappa shape index (κ1) is 18.9. The number of nitrogens with zero attached hydrogens (tertiary/aromatic N) is 3. The van der Waals surface area contributed by atoms with E-state index in [9.17, 15) is 4.79 Å². The van der Waals surface area contributed by atoms with E-state index in [2.05, 4.69) is 45.3 Å². The fourth-order valence-electron chi connectivity index (χ4n) is 3.30. The van der Waals surface area contributed by atoms with E-state index in [-0.39, 0.29) is 5.56 Å². The van der Waals surface area contributed by atoms with Crippen molar-refractivity contribution in [1.29, 1.82) is 0 Å². The van der Waals surface area contributed by atoms with Gasteiger partial charge in [-0.15, -0.1) is 6.58 Å². The predicted molar refractivity (Wildman–Crippen MR) is 108 cm³/mol. The Morgan fingerprint density at radius 1 is 1.15 bits per heavy atom. The van der Waals surface area contributed by atoms with Crippen LogP contribution >= 0.6 is 0 Å². The average molecular weight is 366 g/mol. The van der Waals surface area contributed by atoms with Crippen molar-refractivity contribution in [3.8, 4) is 5.75 Å². The summed E-state index contributed by atoms with van der Waals surface area (Å²) in [7, 11) is 0. The zero-order valence-electron chi connectivity index (χ0n) is 15.6. The van der Waals surface area contributed by atoms with Gasteiger partial charge in [0.05, 0.1) is 11.9 Å². The number of piperazine rings is 1. The first-order valence-corrected chi connectivity index (χ1v) is 9.18. The minimum atomic E-state index is -0.163. The summed E-state index contributed by atoms with van der Waals surface area (Å²) < 4.78 is 5.74. The second-order valence-corrected chi connectivity index (χ2v) is 6.60. The van der Waals surface area contributed by atoms with E-state index in [4.69, 9.17) is 4.74 Å². The molecule has 1 N–H and O–H groups in total. The summed E-state index contributed by atoms with van der Waals surface area (Å²) in [5.74, 6) is 0.894. The Morgan fingerprint density at radius 3 is 2.67 bits per heavy atom. The first-order chi connectivity index (χ1) is 13.2. The highest BCUT2D eigenvalue weighted by atomic mass is 16.5. The van der Waals surface area contributed by atoms with Gasteiger partial charge in [-0.3, -0.25) is 9.69 Å². The van der Waals surface area contributed by atoms with E-state index in [1.54, 1.807) is 18.3 Å². The van der Waals surface area contributed by atoms with Crippen LogP contribution in [0.5, 0.6) is 5.75 Å². The standard InChI is InChI=1S/C21H26N4O2/c1-3-5-18-13-17(6-7-20(18)27-12-4-2)16-24-8-10-25(11-9-24)19-14-21(26)23-22-15-19/h3-4,6-7,13-15H,1-2,5,8-12,16H2,(H,23,26). The van der Waals surface area contributed by atoms with E-state index < -0.39 is 0 Å². The van der Waals surface area contributed by atoms with Crippen LogP contribution in [0.2, 0.25) is 0 Å². The van der Waals surface area contributed by atoms with Crippen LogP contribution in [0.3, 0.4) is 0 Å². The molecule has 1 aromatic carbocycles. The average Bonchev–Trinajstić information content (AvgIpc) is 2.68. The lowest BCUT2D eigenvalue weighted by molar-refractivity contribution is 0.249. The fourth-order valence-corrected chi connectivity index (χ4v) is 3.30. The summed E-state index contributed by atoms with van der Waals surface area (Å²) in [6.45, 7) is 12.6. The molecule has 2 aromatic rings. The molecule has 0 aliphatic carbocycles. The molecule has 2 heterocycles. The van der Waals surface area contributed by atoms with Crippen LogP contribution in [-0.4, -0.2) is 47.9 Å². The Morgan fingerprint density at radius 2 is 1.96 bits per heavy atom. The molecule has 6 heteroatoms. The summed E-state index contributed by atoms with van der Waals surface area (Å²) in [6.07, 6.45) is 6.14. The largest absolute Gasteiger partial charge is 0.489 e. The van der Waals surface area contributed by atoms with Crippen LogP contribution in [0.4, 0.5) is 5.69 Å². The van der Waals surface area contributed by atoms with Crippen LogP contribution in [0.25, 0.3) is 0 Å². The van der Waals surface area contributed by atoms with Crippen molar-refractivity contribution in [2.24, 2.45) is 0 Å². The third-order valence-corrected chi connectivity index (χ3v) is 4.64. The number of aromatic nitrogens is 2. The molecule has 0 spiro atoms. The summed E-state index contributed by atoms with van der Waals surface area (Å²) in [6, 6.07) is 7.97.